The molecule has 0 saturated carbocycles. The molecular weight excluding hydrogens is 466 g/mol. The normalized spacial score (nSPS) is 11.5. The molecule has 10 heteroatoms. The molecule has 0 aliphatic rings. The molecule has 0 aliphatic heterocycles. The highest BCUT2D eigenvalue weighted by molar-refractivity contribution is 5.80. The summed E-state index contributed by atoms with van der Waals surface area (Å²) in [5.41, 5.74) is 3.28. The molecule has 4 aromatic rings. The Morgan fingerprint density at radius 1 is 1.11 bits per heavy atom. The van der Waals surface area contributed by atoms with Gasteiger partial charge in [0.15, 0.2) is 17.2 Å². The minimum atomic E-state index is -4.33. The number of halogens is 4. The number of aryl methyl sites for hydroxylation is 1. The number of aromatic nitrogens is 2. The van der Waals surface area contributed by atoms with E-state index < -0.39 is 18.4 Å². The second-order valence-corrected chi connectivity index (χ2v) is 7.81. The Morgan fingerprint density at radius 3 is 2.57 bits per heavy atom. The lowest BCUT2D eigenvalue weighted by Gasteiger charge is -2.14. The lowest BCUT2D eigenvalue weighted by atomic mass is 10.0. The van der Waals surface area contributed by atoms with Crippen LogP contribution < -0.4 is 14.8 Å². The zero-order valence-corrected chi connectivity index (χ0v) is 18.8. The highest BCUT2D eigenvalue weighted by atomic mass is 19.4. The van der Waals surface area contributed by atoms with Crippen molar-refractivity contribution in [2.45, 2.75) is 19.5 Å². The molecule has 182 valence electrons. The van der Waals surface area contributed by atoms with E-state index in [9.17, 15) is 22.4 Å². The van der Waals surface area contributed by atoms with E-state index in [4.69, 9.17) is 9.47 Å². The number of alkyl halides is 3. The zero-order valence-electron chi connectivity index (χ0n) is 18.8. The van der Waals surface area contributed by atoms with Gasteiger partial charge in [-0.15, -0.1) is 0 Å². The van der Waals surface area contributed by atoms with Crippen molar-refractivity contribution in [1.29, 1.82) is 0 Å². The van der Waals surface area contributed by atoms with Crippen LogP contribution in [0.15, 0.2) is 54.9 Å². The summed E-state index contributed by atoms with van der Waals surface area (Å²) < 4.78 is 65.0. The molecule has 0 amide bonds. The molecule has 0 unspecified atom stereocenters. The number of fused-ring (bicyclic) bond motifs is 1. The number of hydrogen-bond donors (Lipinski definition) is 1. The predicted molar refractivity (Wildman–Crippen MR) is 123 cm³/mol. The molecule has 1 N–H and O–H groups in total. The van der Waals surface area contributed by atoms with Crippen LogP contribution in [0.4, 0.5) is 23.2 Å². The van der Waals surface area contributed by atoms with Crippen LogP contribution in [-0.4, -0.2) is 35.5 Å². The van der Waals surface area contributed by atoms with E-state index >= 15 is 0 Å². The fourth-order valence-corrected chi connectivity index (χ4v) is 3.59. The maximum absolute atomic E-state index is 14.5. The molecule has 0 fully saturated rings. The van der Waals surface area contributed by atoms with Gasteiger partial charge in [-0.25, -0.2) is 9.37 Å². The predicted octanol–water partition coefficient (Wildman–Crippen LogP) is 6.43. The average Bonchev–Trinajstić information content (AvgIpc) is 3.23. The highest BCUT2D eigenvalue weighted by Crippen LogP contribution is 2.33. The van der Waals surface area contributed by atoms with Crippen LogP contribution in [0.25, 0.3) is 16.9 Å². The molecule has 0 radical (unpaired) electrons. The van der Waals surface area contributed by atoms with Gasteiger partial charge in [0.1, 0.15) is 17.8 Å². The number of nitrogens with one attached hydrogen (secondary N) is 1. The summed E-state index contributed by atoms with van der Waals surface area (Å²) in [5.74, 6) is -0.261. The van der Waals surface area contributed by atoms with Crippen molar-refractivity contribution in [3.05, 3.63) is 71.8 Å². The summed E-state index contributed by atoms with van der Waals surface area (Å²) in [6, 6.07) is 10.8. The molecule has 2 aromatic carbocycles. The van der Waals surface area contributed by atoms with Crippen molar-refractivity contribution < 1.29 is 31.8 Å². The van der Waals surface area contributed by atoms with Crippen LogP contribution in [0.1, 0.15) is 22.3 Å². The summed E-state index contributed by atoms with van der Waals surface area (Å²) in [5, 5.41) is 2.75. The molecule has 0 bridgehead atoms. The lowest BCUT2D eigenvalue weighted by molar-refractivity contribution is -0.131. The Kier molecular flexibility index (Phi) is 6.63. The van der Waals surface area contributed by atoms with E-state index in [1.165, 1.54) is 25.3 Å². The zero-order chi connectivity index (χ0) is 25.2. The molecule has 2 aromatic heterocycles. The molecular formula is C25H21F4N3O3. The van der Waals surface area contributed by atoms with E-state index in [0.717, 1.165) is 23.5 Å². The van der Waals surface area contributed by atoms with E-state index in [2.05, 4.69) is 10.3 Å². The van der Waals surface area contributed by atoms with Gasteiger partial charge < -0.3 is 14.8 Å². The van der Waals surface area contributed by atoms with Crippen LogP contribution in [-0.2, 0) is 0 Å². The quantitative estimate of drug-likeness (QED) is 0.229. The van der Waals surface area contributed by atoms with E-state index in [1.807, 2.05) is 0 Å². The SMILES string of the molecule is COc1ccc(Oc2cc(NCCC(F)(F)F)c3ncc(-c4ccc(C=O)c(C)c4)n3c2)c(F)c1. The smallest absolute Gasteiger partial charge is 0.390 e. The number of rotatable bonds is 8. The van der Waals surface area contributed by atoms with Crippen molar-refractivity contribution in [2.24, 2.45) is 0 Å². The van der Waals surface area contributed by atoms with Gasteiger partial charge in [-0.05, 0) is 30.7 Å². The van der Waals surface area contributed by atoms with Gasteiger partial charge in [-0.3, -0.25) is 9.20 Å². The molecule has 0 saturated heterocycles. The van der Waals surface area contributed by atoms with Gasteiger partial charge >= 0.3 is 6.18 Å². The summed E-state index contributed by atoms with van der Waals surface area (Å²) in [4.78, 5) is 15.6. The van der Waals surface area contributed by atoms with Gasteiger partial charge in [-0.1, -0.05) is 12.1 Å². The fourth-order valence-electron chi connectivity index (χ4n) is 3.59. The Balaban J connectivity index is 1.78. The van der Waals surface area contributed by atoms with Crippen molar-refractivity contribution in [2.75, 3.05) is 19.0 Å². The van der Waals surface area contributed by atoms with E-state index in [-0.39, 0.29) is 23.7 Å². The summed E-state index contributed by atoms with van der Waals surface area (Å²) in [7, 11) is 1.41. The number of carbonyl (C=O) groups excluding carboxylic acids is 1. The molecule has 35 heavy (non-hydrogen) atoms. The first-order valence-corrected chi connectivity index (χ1v) is 10.6. The Bertz CT molecular complexity index is 1380. The number of aldehydes is 1. The van der Waals surface area contributed by atoms with Crippen molar-refractivity contribution >= 4 is 17.6 Å². The Hall–Kier alpha value is -4.08. The van der Waals surface area contributed by atoms with E-state index in [0.29, 0.717) is 22.7 Å². The topological polar surface area (TPSA) is 64.9 Å². The third kappa shape index (κ3) is 5.37. The first-order valence-electron chi connectivity index (χ1n) is 10.6. The molecule has 0 aliphatic carbocycles. The molecule has 6 nitrogen and oxygen atoms in total. The second-order valence-electron chi connectivity index (χ2n) is 7.81. The maximum Gasteiger partial charge on any atom is 0.390 e. The van der Waals surface area contributed by atoms with Crippen molar-refractivity contribution in [3.63, 3.8) is 0 Å². The van der Waals surface area contributed by atoms with Crippen LogP contribution in [0.3, 0.4) is 0 Å². The van der Waals surface area contributed by atoms with Gasteiger partial charge in [0.05, 0.1) is 37.3 Å². The van der Waals surface area contributed by atoms with Crippen molar-refractivity contribution in [1.82, 2.24) is 9.38 Å². The van der Waals surface area contributed by atoms with Crippen LogP contribution in [0.5, 0.6) is 17.2 Å². The Morgan fingerprint density at radius 2 is 1.91 bits per heavy atom. The average molecular weight is 487 g/mol. The highest BCUT2D eigenvalue weighted by Gasteiger charge is 2.26. The van der Waals surface area contributed by atoms with Crippen LogP contribution in [0, 0.1) is 12.7 Å². The summed E-state index contributed by atoms with van der Waals surface area (Å²) in [6.45, 7) is 1.41. The van der Waals surface area contributed by atoms with Crippen LogP contribution >= 0.6 is 0 Å². The fraction of sp³-hybridized carbons (Fsp3) is 0.200. The number of benzene rings is 2. The van der Waals surface area contributed by atoms with Gasteiger partial charge in [-0.2, -0.15) is 13.2 Å². The lowest BCUT2D eigenvalue weighted by Crippen LogP contribution is -2.15. The largest absolute Gasteiger partial charge is 0.497 e. The minimum Gasteiger partial charge on any atom is -0.497 e. The van der Waals surface area contributed by atoms with Crippen molar-refractivity contribution in [3.8, 4) is 28.5 Å². The van der Waals surface area contributed by atoms with E-state index in [1.54, 1.807) is 41.9 Å². The molecule has 0 spiro atoms. The first kappa shape index (κ1) is 24.1. The molecule has 0 atom stereocenters. The Labute approximate surface area is 198 Å². The van der Waals surface area contributed by atoms with Gasteiger partial charge in [0.25, 0.3) is 0 Å². The van der Waals surface area contributed by atoms with Gasteiger partial charge in [0.2, 0.25) is 0 Å². The maximum atomic E-state index is 14.5. The number of nitrogens with zero attached hydrogens (tertiary/aromatic N) is 2. The standard InChI is InChI=1S/C25H21F4N3O3/c1-15-9-16(3-4-17(15)14-33)22-12-31-24-21(30-8-7-25(27,28)29)11-19(13-32(22)24)35-23-6-5-18(34-2)10-20(23)26/h3-6,9-14,30H,7-8H2,1-2H3. The number of pyridine rings is 1. The number of hydrogen-bond acceptors (Lipinski definition) is 5. The molecule has 4 rings (SSSR count). The minimum absolute atomic E-state index is 0.0840. The third-order valence-electron chi connectivity index (χ3n) is 5.36. The number of carbonyl (C=O) groups is 1. The summed E-state index contributed by atoms with van der Waals surface area (Å²) >= 11 is 0. The van der Waals surface area contributed by atoms with Gasteiger partial charge in [0, 0.05) is 29.8 Å². The number of anilines is 1. The number of methoxy groups -OCH3 is 1. The number of imidazole rings is 1. The monoisotopic (exact) mass is 487 g/mol. The first-order chi connectivity index (χ1) is 16.7. The number of ether oxygens (including phenoxy) is 2. The third-order valence-corrected chi connectivity index (χ3v) is 5.36. The second kappa shape index (κ2) is 9.65. The molecule has 2 heterocycles. The van der Waals surface area contributed by atoms with Crippen LogP contribution in [0.2, 0.25) is 0 Å². The summed E-state index contributed by atoms with van der Waals surface area (Å²) in [6.07, 6.45) is -1.48.